The van der Waals surface area contributed by atoms with Gasteiger partial charge in [-0.25, -0.2) is 14.8 Å². The molecule has 4 heterocycles. The lowest BCUT2D eigenvalue weighted by Gasteiger charge is -2.33. The average molecular weight is 623 g/mol. The molecule has 6 rings (SSSR count). The normalized spacial score (nSPS) is 18.2. The maximum atomic E-state index is 14.0. The summed E-state index contributed by atoms with van der Waals surface area (Å²) in [5.41, 5.74) is 1.84. The summed E-state index contributed by atoms with van der Waals surface area (Å²) in [5, 5.41) is 17.1. The summed E-state index contributed by atoms with van der Waals surface area (Å²) in [7, 11) is 3.75. The van der Waals surface area contributed by atoms with Gasteiger partial charge < -0.3 is 20.9 Å². The van der Waals surface area contributed by atoms with E-state index in [2.05, 4.69) is 41.2 Å². The van der Waals surface area contributed by atoms with Crippen molar-refractivity contribution < 1.29 is 18.0 Å². The van der Waals surface area contributed by atoms with E-state index in [4.69, 9.17) is 0 Å². The van der Waals surface area contributed by atoms with Crippen molar-refractivity contribution in [3.63, 3.8) is 0 Å². The number of urea groups is 1. The molecule has 0 spiro atoms. The van der Waals surface area contributed by atoms with Crippen molar-refractivity contribution >= 4 is 34.4 Å². The number of benzene rings is 2. The van der Waals surface area contributed by atoms with Crippen molar-refractivity contribution in [2.24, 2.45) is 7.05 Å². The van der Waals surface area contributed by atoms with E-state index in [-0.39, 0.29) is 23.6 Å². The molecule has 2 amide bonds. The first-order chi connectivity index (χ1) is 21.6. The Labute approximate surface area is 259 Å². The molecule has 2 saturated heterocycles. The molecule has 2 fully saturated rings. The van der Waals surface area contributed by atoms with Crippen LogP contribution >= 0.6 is 0 Å². The summed E-state index contributed by atoms with van der Waals surface area (Å²) < 4.78 is 43.5. The highest BCUT2D eigenvalue weighted by molar-refractivity contribution is 5.99. The number of hydrogen-bond donors (Lipinski definition) is 4. The predicted molar refractivity (Wildman–Crippen MR) is 168 cm³/mol. The average Bonchev–Trinajstić information content (AvgIpc) is 3.38. The van der Waals surface area contributed by atoms with E-state index in [9.17, 15) is 18.0 Å². The van der Waals surface area contributed by atoms with Gasteiger partial charge in [0, 0.05) is 81.3 Å². The highest BCUT2D eigenvalue weighted by Gasteiger charge is 2.34. The van der Waals surface area contributed by atoms with Gasteiger partial charge in [0.05, 0.1) is 16.8 Å². The van der Waals surface area contributed by atoms with E-state index in [1.165, 1.54) is 12.1 Å². The standard InChI is InChI=1S/C31H37F3N10O/c1-42-10-12-44(13-11-42)19-21-5-7-23(15-25(21)31(32,33)34)38-30(45)40-28-16-27(43(2)41-28)20-6-8-26-22(14-20)17-36-29(39-26)37-24-4-3-9-35-18-24/h5-8,14-17,24,35H,3-4,9-13,18-19H2,1-2H3,(H,36,37,39)(H2,38,40,41,45)/t24-/m0/s1. The molecule has 2 aromatic carbocycles. The van der Waals surface area contributed by atoms with Gasteiger partial charge in [0.1, 0.15) is 0 Å². The number of fused-ring (bicyclic) bond motifs is 1. The quantitative estimate of drug-likeness (QED) is 0.237. The summed E-state index contributed by atoms with van der Waals surface area (Å²) in [6.45, 7) is 5.13. The number of carbonyl (C=O) groups excluding carboxylic acids is 1. The van der Waals surface area contributed by atoms with Crippen LogP contribution in [-0.2, 0) is 19.8 Å². The van der Waals surface area contributed by atoms with Crippen LogP contribution in [0.5, 0.6) is 0 Å². The lowest BCUT2D eigenvalue weighted by molar-refractivity contribution is -0.138. The van der Waals surface area contributed by atoms with Crippen molar-refractivity contribution in [3.8, 4) is 11.3 Å². The number of aryl methyl sites for hydroxylation is 1. The molecule has 4 aromatic rings. The molecular formula is C31H37F3N10O. The second-order valence-electron chi connectivity index (χ2n) is 11.7. The maximum absolute atomic E-state index is 14.0. The number of piperidine rings is 1. The minimum atomic E-state index is -4.55. The molecule has 2 aromatic heterocycles. The van der Waals surface area contributed by atoms with Gasteiger partial charge in [-0.3, -0.25) is 14.9 Å². The molecular weight excluding hydrogens is 585 g/mol. The number of hydrogen-bond acceptors (Lipinski definition) is 8. The Kier molecular flexibility index (Phi) is 8.88. The van der Waals surface area contributed by atoms with Crippen LogP contribution in [0, 0.1) is 0 Å². The van der Waals surface area contributed by atoms with E-state index in [1.54, 1.807) is 24.0 Å². The number of piperazine rings is 1. The van der Waals surface area contributed by atoms with Crippen LogP contribution in [0.25, 0.3) is 22.2 Å². The second-order valence-corrected chi connectivity index (χ2v) is 11.7. The van der Waals surface area contributed by atoms with Gasteiger partial charge in [0.15, 0.2) is 5.82 Å². The first-order valence-corrected chi connectivity index (χ1v) is 15.1. The third kappa shape index (κ3) is 7.52. The molecule has 14 heteroatoms. The van der Waals surface area contributed by atoms with E-state index >= 15 is 0 Å². The molecule has 4 N–H and O–H groups in total. The van der Waals surface area contributed by atoms with Crippen LogP contribution in [0.3, 0.4) is 0 Å². The molecule has 0 aliphatic carbocycles. The zero-order valence-corrected chi connectivity index (χ0v) is 25.3. The molecule has 0 bridgehead atoms. The van der Waals surface area contributed by atoms with Gasteiger partial charge in [0.25, 0.3) is 0 Å². The Morgan fingerprint density at radius 3 is 2.62 bits per heavy atom. The second kappa shape index (κ2) is 13.0. The third-order valence-electron chi connectivity index (χ3n) is 8.29. The Hall–Kier alpha value is -4.27. The molecule has 238 valence electrons. The number of nitrogens with zero attached hydrogens (tertiary/aromatic N) is 6. The van der Waals surface area contributed by atoms with Crippen LogP contribution < -0.4 is 21.3 Å². The summed E-state index contributed by atoms with van der Waals surface area (Å²) in [6.07, 6.45) is -0.595. The number of aromatic nitrogens is 4. The molecule has 45 heavy (non-hydrogen) atoms. The SMILES string of the molecule is CN1CCN(Cc2ccc(NC(=O)Nc3cc(-c4ccc5nc(N[C@H]6CCCNC6)ncc5c4)n(C)n3)cc2C(F)(F)F)CC1. The Bertz CT molecular complexity index is 1660. The molecule has 0 radical (unpaired) electrons. The van der Waals surface area contributed by atoms with Crippen LogP contribution in [-0.4, -0.2) is 87.9 Å². The zero-order valence-electron chi connectivity index (χ0n) is 25.3. The number of rotatable bonds is 7. The summed E-state index contributed by atoms with van der Waals surface area (Å²) in [4.78, 5) is 26.1. The minimum absolute atomic E-state index is 0.0428. The predicted octanol–water partition coefficient (Wildman–Crippen LogP) is 4.60. The third-order valence-corrected chi connectivity index (χ3v) is 8.29. The van der Waals surface area contributed by atoms with E-state index < -0.39 is 17.8 Å². The lowest BCUT2D eigenvalue weighted by Crippen LogP contribution is -2.44. The topological polar surface area (TPSA) is 115 Å². The zero-order chi connectivity index (χ0) is 31.6. The van der Waals surface area contributed by atoms with Crippen LogP contribution in [0.4, 0.5) is 35.4 Å². The summed E-state index contributed by atoms with van der Waals surface area (Å²) >= 11 is 0. The highest BCUT2D eigenvalue weighted by Crippen LogP contribution is 2.35. The van der Waals surface area contributed by atoms with E-state index in [0.29, 0.717) is 25.1 Å². The Balaban J connectivity index is 1.12. The van der Waals surface area contributed by atoms with Crippen molar-refractivity contribution in [3.05, 3.63) is 59.8 Å². The van der Waals surface area contributed by atoms with Crippen LogP contribution in [0.15, 0.2) is 48.7 Å². The van der Waals surface area contributed by atoms with E-state index in [1.807, 2.05) is 30.1 Å². The van der Waals surface area contributed by atoms with Gasteiger partial charge in [-0.1, -0.05) is 12.1 Å². The maximum Gasteiger partial charge on any atom is 0.416 e. The molecule has 0 unspecified atom stereocenters. The number of likely N-dealkylation sites (N-methyl/N-ethyl adjacent to an activating group) is 1. The fourth-order valence-corrected chi connectivity index (χ4v) is 5.80. The number of alkyl halides is 3. The monoisotopic (exact) mass is 622 g/mol. The van der Waals surface area contributed by atoms with Gasteiger partial charge in [-0.05, 0) is 56.3 Å². The molecule has 2 aliphatic heterocycles. The Morgan fingerprint density at radius 1 is 1.04 bits per heavy atom. The van der Waals surface area contributed by atoms with Gasteiger partial charge in [-0.2, -0.15) is 18.3 Å². The highest BCUT2D eigenvalue weighted by atomic mass is 19.4. The van der Waals surface area contributed by atoms with Crippen molar-refractivity contribution in [2.45, 2.75) is 31.6 Å². The smallest absolute Gasteiger partial charge is 0.350 e. The number of anilines is 3. The van der Waals surface area contributed by atoms with Crippen molar-refractivity contribution in [2.75, 3.05) is 62.3 Å². The fourth-order valence-electron chi connectivity index (χ4n) is 5.80. The molecule has 2 aliphatic rings. The summed E-state index contributed by atoms with van der Waals surface area (Å²) in [6, 6.07) is 11.0. The minimum Gasteiger partial charge on any atom is -0.350 e. The van der Waals surface area contributed by atoms with Crippen molar-refractivity contribution in [1.82, 2.24) is 34.9 Å². The number of halogens is 3. The summed E-state index contributed by atoms with van der Waals surface area (Å²) in [5.74, 6) is 0.846. The van der Waals surface area contributed by atoms with Gasteiger partial charge in [-0.15, -0.1) is 0 Å². The van der Waals surface area contributed by atoms with Crippen molar-refractivity contribution in [1.29, 1.82) is 0 Å². The lowest BCUT2D eigenvalue weighted by atomic mass is 10.0. The van der Waals surface area contributed by atoms with Crippen LogP contribution in [0.2, 0.25) is 0 Å². The van der Waals surface area contributed by atoms with Crippen LogP contribution in [0.1, 0.15) is 24.0 Å². The first kappa shape index (κ1) is 30.7. The largest absolute Gasteiger partial charge is 0.416 e. The van der Waals surface area contributed by atoms with Gasteiger partial charge in [0.2, 0.25) is 5.95 Å². The molecule has 0 saturated carbocycles. The molecule has 1 atom stereocenters. The van der Waals surface area contributed by atoms with E-state index in [0.717, 1.165) is 67.2 Å². The number of amides is 2. The molecule has 11 nitrogen and oxygen atoms in total. The number of nitrogens with one attached hydrogen (secondary N) is 4. The fraction of sp³-hybridized carbons (Fsp3) is 0.419. The Morgan fingerprint density at radius 2 is 1.87 bits per heavy atom. The number of carbonyl (C=O) groups is 1. The van der Waals surface area contributed by atoms with Gasteiger partial charge >= 0.3 is 12.2 Å². The first-order valence-electron chi connectivity index (χ1n) is 15.1.